The van der Waals surface area contributed by atoms with Crippen molar-refractivity contribution in [3.8, 4) is 0 Å². The van der Waals surface area contributed by atoms with E-state index in [2.05, 4.69) is 0 Å². The number of hydrogen-bond acceptors (Lipinski definition) is 6. The van der Waals surface area contributed by atoms with Crippen molar-refractivity contribution in [2.45, 2.75) is 31.0 Å². The second-order valence-electron chi connectivity index (χ2n) is 7.01. The van der Waals surface area contributed by atoms with Crippen LogP contribution in [0.25, 0.3) is 0 Å². The highest BCUT2D eigenvalue weighted by Crippen LogP contribution is 2.21. The summed E-state index contributed by atoms with van der Waals surface area (Å²) in [6.45, 7) is 4.01. The highest BCUT2D eigenvalue weighted by atomic mass is 35.5. The standard InChI is InChI=1S/C21H21ClN2O5S2/c1-13-9-18(14(2)24(13)8-7-15-3-5-17(22)6-4-15)19(25)11-29-21(26)16-10-20(30-12-16)31(23,27)28/h3-6,9-10,12H,7-8,11H2,1-2H3,(H2,23,27,28). The van der Waals surface area contributed by atoms with Gasteiger partial charge in [0.05, 0.1) is 5.56 Å². The van der Waals surface area contributed by atoms with Crippen LogP contribution in [-0.2, 0) is 27.7 Å². The van der Waals surface area contributed by atoms with Crippen molar-refractivity contribution in [3.05, 3.63) is 74.9 Å². The minimum Gasteiger partial charge on any atom is -0.454 e. The first-order chi connectivity index (χ1) is 14.6. The molecular weight excluding hydrogens is 460 g/mol. The molecule has 0 atom stereocenters. The van der Waals surface area contributed by atoms with Crippen LogP contribution in [0.4, 0.5) is 0 Å². The van der Waals surface area contributed by atoms with Crippen LogP contribution >= 0.6 is 22.9 Å². The molecule has 0 amide bonds. The Morgan fingerprint density at radius 3 is 2.45 bits per heavy atom. The van der Waals surface area contributed by atoms with Crippen LogP contribution in [0.5, 0.6) is 0 Å². The molecule has 2 heterocycles. The smallest absolute Gasteiger partial charge is 0.339 e. The van der Waals surface area contributed by atoms with Crippen molar-refractivity contribution >= 4 is 44.7 Å². The third-order valence-corrected chi connectivity index (χ3v) is 7.48. The number of aryl methyl sites for hydroxylation is 2. The maximum atomic E-state index is 12.6. The molecule has 0 aliphatic rings. The number of ketones is 1. The van der Waals surface area contributed by atoms with Gasteiger partial charge in [-0.1, -0.05) is 23.7 Å². The van der Waals surface area contributed by atoms with Crippen LogP contribution in [0, 0.1) is 13.8 Å². The normalized spacial score (nSPS) is 11.5. The number of Topliss-reactive ketones (excluding diaryl/α,β-unsaturated/α-hetero) is 1. The zero-order chi connectivity index (χ0) is 22.8. The lowest BCUT2D eigenvalue weighted by Crippen LogP contribution is -2.15. The van der Waals surface area contributed by atoms with Crippen LogP contribution < -0.4 is 5.14 Å². The number of thiophene rings is 1. The van der Waals surface area contributed by atoms with Crippen molar-refractivity contribution in [1.29, 1.82) is 0 Å². The van der Waals surface area contributed by atoms with Crippen molar-refractivity contribution in [3.63, 3.8) is 0 Å². The molecule has 0 radical (unpaired) electrons. The predicted octanol–water partition coefficient (Wildman–Crippen LogP) is 3.75. The third-order valence-electron chi connectivity index (χ3n) is 4.84. The van der Waals surface area contributed by atoms with Gasteiger partial charge >= 0.3 is 5.97 Å². The zero-order valence-corrected chi connectivity index (χ0v) is 19.3. The average molecular weight is 481 g/mol. The van der Waals surface area contributed by atoms with Crippen LogP contribution in [0.3, 0.4) is 0 Å². The number of halogens is 1. The van der Waals surface area contributed by atoms with Gasteiger partial charge in [-0.2, -0.15) is 0 Å². The number of hydrogen-bond donors (Lipinski definition) is 1. The summed E-state index contributed by atoms with van der Waals surface area (Å²) in [5, 5.41) is 7.05. The van der Waals surface area contributed by atoms with Gasteiger partial charge in [0.15, 0.2) is 6.61 Å². The second-order valence-corrected chi connectivity index (χ2v) is 10.1. The maximum Gasteiger partial charge on any atom is 0.339 e. The number of nitrogens with zero attached hydrogens (tertiary/aromatic N) is 1. The van der Waals surface area contributed by atoms with E-state index in [4.69, 9.17) is 21.5 Å². The van der Waals surface area contributed by atoms with E-state index in [1.165, 1.54) is 5.38 Å². The number of carbonyl (C=O) groups excluding carboxylic acids is 2. The van der Waals surface area contributed by atoms with Gasteiger partial charge in [0.1, 0.15) is 4.21 Å². The summed E-state index contributed by atoms with van der Waals surface area (Å²) in [7, 11) is -3.89. The van der Waals surface area contributed by atoms with Crippen molar-refractivity contribution < 1.29 is 22.7 Å². The van der Waals surface area contributed by atoms with E-state index in [1.807, 2.05) is 42.7 Å². The lowest BCUT2D eigenvalue weighted by molar-refractivity contribution is 0.0475. The Balaban J connectivity index is 1.64. The fourth-order valence-corrected chi connectivity index (χ4v) is 4.88. The minimum absolute atomic E-state index is 0.0373. The number of primary sulfonamides is 1. The fraction of sp³-hybridized carbons (Fsp3) is 0.238. The number of esters is 1. The van der Waals surface area contributed by atoms with Gasteiger partial charge in [0.25, 0.3) is 0 Å². The molecule has 3 aromatic rings. The topological polar surface area (TPSA) is 108 Å². The van der Waals surface area contributed by atoms with Crippen LogP contribution in [-0.4, -0.2) is 31.3 Å². The molecule has 0 aliphatic carbocycles. The van der Waals surface area contributed by atoms with Gasteiger partial charge in [-0.15, -0.1) is 11.3 Å². The Kier molecular flexibility index (Phi) is 7.00. The second kappa shape index (κ2) is 9.35. The molecule has 10 heteroatoms. The SMILES string of the molecule is Cc1cc(C(=O)COC(=O)c2csc(S(N)(=O)=O)c2)c(C)n1CCc1ccc(Cl)cc1. The van der Waals surface area contributed by atoms with Gasteiger partial charge in [0, 0.05) is 33.9 Å². The van der Waals surface area contributed by atoms with Gasteiger partial charge in [-0.3, -0.25) is 4.79 Å². The highest BCUT2D eigenvalue weighted by Gasteiger charge is 2.20. The lowest BCUT2D eigenvalue weighted by Gasteiger charge is -2.10. The number of rotatable bonds is 8. The number of carbonyl (C=O) groups is 2. The molecule has 0 fully saturated rings. The zero-order valence-electron chi connectivity index (χ0n) is 16.9. The van der Waals surface area contributed by atoms with E-state index >= 15 is 0 Å². The molecular formula is C21H21ClN2O5S2. The molecule has 164 valence electrons. The third kappa shape index (κ3) is 5.62. The van der Waals surface area contributed by atoms with Crippen molar-refractivity contribution in [2.75, 3.05) is 6.61 Å². The summed E-state index contributed by atoms with van der Waals surface area (Å²) in [6.07, 6.45) is 0.778. The fourth-order valence-electron chi connectivity index (χ4n) is 3.18. The van der Waals surface area contributed by atoms with E-state index in [0.717, 1.165) is 40.8 Å². The summed E-state index contributed by atoms with van der Waals surface area (Å²) in [5.41, 5.74) is 3.37. The summed E-state index contributed by atoms with van der Waals surface area (Å²) in [6, 6.07) is 10.5. The molecule has 1 aromatic carbocycles. The summed E-state index contributed by atoms with van der Waals surface area (Å²) in [4.78, 5) is 24.8. The Morgan fingerprint density at radius 1 is 1.16 bits per heavy atom. The van der Waals surface area contributed by atoms with E-state index in [0.29, 0.717) is 17.1 Å². The molecule has 2 aromatic heterocycles. The van der Waals surface area contributed by atoms with E-state index in [9.17, 15) is 18.0 Å². The molecule has 0 aliphatic heterocycles. The van der Waals surface area contributed by atoms with Crippen LogP contribution in [0.15, 0.2) is 46.0 Å². The van der Waals surface area contributed by atoms with Gasteiger partial charge in [-0.05, 0) is 50.1 Å². The quantitative estimate of drug-likeness (QED) is 0.390. The molecule has 31 heavy (non-hydrogen) atoms. The molecule has 0 unspecified atom stereocenters. The number of sulfonamides is 1. The monoisotopic (exact) mass is 480 g/mol. The molecule has 2 N–H and O–H groups in total. The van der Waals surface area contributed by atoms with E-state index < -0.39 is 22.6 Å². The lowest BCUT2D eigenvalue weighted by atomic mass is 10.1. The predicted molar refractivity (Wildman–Crippen MR) is 119 cm³/mol. The van der Waals surface area contributed by atoms with Crippen molar-refractivity contribution in [2.24, 2.45) is 5.14 Å². The minimum atomic E-state index is -3.89. The molecule has 0 spiro atoms. The van der Waals surface area contributed by atoms with Gasteiger partial charge < -0.3 is 9.30 Å². The van der Waals surface area contributed by atoms with E-state index in [-0.39, 0.29) is 15.6 Å². The molecule has 0 saturated heterocycles. The Hall–Kier alpha value is -2.46. The Bertz CT molecular complexity index is 1230. The number of ether oxygens (including phenoxy) is 1. The first kappa shape index (κ1) is 23.2. The Morgan fingerprint density at radius 2 is 1.84 bits per heavy atom. The molecule has 0 saturated carbocycles. The average Bonchev–Trinajstić information content (AvgIpc) is 3.31. The summed E-state index contributed by atoms with van der Waals surface area (Å²) < 4.78 is 29.6. The van der Waals surface area contributed by atoms with Gasteiger partial charge in [-0.25, -0.2) is 18.4 Å². The maximum absolute atomic E-state index is 12.6. The largest absolute Gasteiger partial charge is 0.454 e. The van der Waals surface area contributed by atoms with Crippen LogP contribution in [0.1, 0.15) is 37.7 Å². The summed E-state index contributed by atoms with van der Waals surface area (Å²) in [5.74, 6) is -1.11. The Labute approximate surface area is 189 Å². The molecule has 7 nitrogen and oxygen atoms in total. The summed E-state index contributed by atoms with van der Waals surface area (Å²) >= 11 is 6.74. The van der Waals surface area contributed by atoms with Gasteiger partial charge in [0.2, 0.25) is 15.8 Å². The van der Waals surface area contributed by atoms with E-state index in [1.54, 1.807) is 6.07 Å². The number of nitrogens with two attached hydrogens (primary N) is 1. The number of benzene rings is 1. The highest BCUT2D eigenvalue weighted by molar-refractivity contribution is 7.91. The van der Waals surface area contributed by atoms with Crippen LogP contribution in [0.2, 0.25) is 5.02 Å². The number of aromatic nitrogens is 1. The first-order valence-corrected chi connectivity index (χ1v) is 12.1. The first-order valence-electron chi connectivity index (χ1n) is 9.29. The van der Waals surface area contributed by atoms with Crippen molar-refractivity contribution in [1.82, 2.24) is 4.57 Å². The molecule has 3 rings (SSSR count). The molecule has 0 bridgehead atoms.